The van der Waals surface area contributed by atoms with Gasteiger partial charge in [-0.05, 0) is 38.8 Å². The van der Waals surface area contributed by atoms with Gasteiger partial charge in [-0.25, -0.2) is 4.98 Å². The maximum Gasteiger partial charge on any atom is 0.0992 e. The quantitative estimate of drug-likeness (QED) is 0.936. The van der Waals surface area contributed by atoms with Crippen LogP contribution in [0, 0.1) is 0 Å². The molecule has 112 valence electrons. The highest BCUT2D eigenvalue weighted by atomic mass is 15.2. The van der Waals surface area contributed by atoms with Crippen LogP contribution in [-0.4, -0.2) is 39.6 Å². The fourth-order valence-corrected chi connectivity index (χ4v) is 3.00. The lowest BCUT2D eigenvalue weighted by Gasteiger charge is -2.35. The molecule has 0 aliphatic carbocycles. The average Bonchev–Trinajstić information content (AvgIpc) is 3.02. The molecule has 21 heavy (non-hydrogen) atoms. The molecule has 0 bridgehead atoms. The molecule has 1 aromatic heterocycles. The van der Waals surface area contributed by atoms with E-state index in [9.17, 15) is 0 Å². The van der Waals surface area contributed by atoms with Gasteiger partial charge in [-0.1, -0.05) is 12.1 Å². The van der Waals surface area contributed by atoms with Crippen LogP contribution in [0.4, 0.5) is 5.69 Å². The number of anilines is 1. The Morgan fingerprint density at radius 2 is 1.95 bits per heavy atom. The normalized spacial score (nSPS) is 17.3. The lowest BCUT2D eigenvalue weighted by molar-refractivity contribution is 0.177. The SMILES string of the molecule is CC(C)N1CCC(Nc2ccccc2-n2ccnc2)CC1. The van der Waals surface area contributed by atoms with Crippen LogP contribution in [0.25, 0.3) is 5.69 Å². The Morgan fingerprint density at radius 1 is 1.19 bits per heavy atom. The van der Waals surface area contributed by atoms with Crippen LogP contribution in [0.2, 0.25) is 0 Å². The number of hydrogen-bond acceptors (Lipinski definition) is 3. The third-order valence-electron chi connectivity index (χ3n) is 4.31. The summed E-state index contributed by atoms with van der Waals surface area (Å²) in [4.78, 5) is 6.70. The highest BCUT2D eigenvalue weighted by molar-refractivity contribution is 5.61. The Hall–Kier alpha value is -1.81. The van der Waals surface area contributed by atoms with Gasteiger partial charge in [0.15, 0.2) is 0 Å². The van der Waals surface area contributed by atoms with Crippen LogP contribution in [0.5, 0.6) is 0 Å². The van der Waals surface area contributed by atoms with Gasteiger partial charge in [-0.3, -0.25) is 0 Å². The van der Waals surface area contributed by atoms with E-state index in [-0.39, 0.29) is 0 Å². The van der Waals surface area contributed by atoms with E-state index in [0.717, 1.165) is 0 Å². The first-order chi connectivity index (χ1) is 10.2. The van der Waals surface area contributed by atoms with E-state index < -0.39 is 0 Å². The van der Waals surface area contributed by atoms with Crippen LogP contribution in [0.3, 0.4) is 0 Å². The molecular formula is C17H24N4. The average molecular weight is 284 g/mol. The van der Waals surface area contributed by atoms with E-state index in [1.807, 2.05) is 18.7 Å². The predicted molar refractivity (Wildman–Crippen MR) is 86.9 cm³/mol. The van der Waals surface area contributed by atoms with E-state index in [4.69, 9.17) is 0 Å². The highest BCUT2D eigenvalue weighted by Crippen LogP contribution is 2.23. The zero-order valence-corrected chi connectivity index (χ0v) is 12.9. The molecule has 1 saturated heterocycles. The number of para-hydroxylation sites is 2. The second kappa shape index (κ2) is 6.31. The van der Waals surface area contributed by atoms with Gasteiger partial charge in [-0.15, -0.1) is 0 Å². The number of aromatic nitrogens is 2. The Bertz CT molecular complexity index is 554. The molecule has 1 aliphatic rings. The van der Waals surface area contributed by atoms with Crippen molar-refractivity contribution in [2.45, 2.75) is 38.8 Å². The molecule has 0 amide bonds. The summed E-state index contributed by atoms with van der Waals surface area (Å²) in [7, 11) is 0. The Morgan fingerprint density at radius 3 is 2.62 bits per heavy atom. The Kier molecular flexibility index (Phi) is 4.25. The lowest BCUT2D eigenvalue weighted by Crippen LogP contribution is -2.42. The zero-order valence-electron chi connectivity index (χ0n) is 12.9. The number of rotatable bonds is 4. The molecule has 3 rings (SSSR count). The molecule has 1 fully saturated rings. The second-order valence-corrected chi connectivity index (χ2v) is 6.04. The number of benzene rings is 1. The van der Waals surface area contributed by atoms with Crippen molar-refractivity contribution >= 4 is 5.69 Å². The van der Waals surface area contributed by atoms with E-state index in [0.29, 0.717) is 12.1 Å². The maximum absolute atomic E-state index is 4.14. The van der Waals surface area contributed by atoms with Crippen molar-refractivity contribution in [1.29, 1.82) is 0 Å². The second-order valence-electron chi connectivity index (χ2n) is 6.04. The standard InChI is InChI=1S/C17H24N4/c1-14(2)20-10-7-15(8-11-20)19-16-5-3-4-6-17(16)21-12-9-18-13-21/h3-6,9,12-15,19H,7-8,10-11H2,1-2H3. The number of likely N-dealkylation sites (tertiary alicyclic amines) is 1. The van der Waals surface area contributed by atoms with Gasteiger partial charge in [0.2, 0.25) is 0 Å². The monoisotopic (exact) mass is 284 g/mol. The molecule has 1 aliphatic heterocycles. The third kappa shape index (κ3) is 3.27. The summed E-state index contributed by atoms with van der Waals surface area (Å²) >= 11 is 0. The number of nitrogens with zero attached hydrogens (tertiary/aromatic N) is 3. The highest BCUT2D eigenvalue weighted by Gasteiger charge is 2.21. The van der Waals surface area contributed by atoms with Crippen LogP contribution in [0.15, 0.2) is 43.0 Å². The van der Waals surface area contributed by atoms with Crippen molar-refractivity contribution in [2.75, 3.05) is 18.4 Å². The molecule has 0 radical (unpaired) electrons. The first kappa shape index (κ1) is 14.1. The topological polar surface area (TPSA) is 33.1 Å². The summed E-state index contributed by atoms with van der Waals surface area (Å²) in [5.74, 6) is 0. The maximum atomic E-state index is 4.14. The van der Waals surface area contributed by atoms with E-state index >= 15 is 0 Å². The lowest BCUT2D eigenvalue weighted by atomic mass is 10.0. The van der Waals surface area contributed by atoms with Crippen molar-refractivity contribution in [2.24, 2.45) is 0 Å². The smallest absolute Gasteiger partial charge is 0.0992 e. The van der Waals surface area contributed by atoms with Crippen LogP contribution >= 0.6 is 0 Å². The van der Waals surface area contributed by atoms with Crippen molar-refractivity contribution in [1.82, 2.24) is 14.5 Å². The summed E-state index contributed by atoms with van der Waals surface area (Å²) < 4.78 is 2.06. The first-order valence-electron chi connectivity index (χ1n) is 7.82. The van der Waals surface area contributed by atoms with E-state index in [1.54, 1.807) is 0 Å². The summed E-state index contributed by atoms with van der Waals surface area (Å²) in [6.45, 7) is 6.93. The largest absolute Gasteiger partial charge is 0.381 e. The van der Waals surface area contributed by atoms with Gasteiger partial charge >= 0.3 is 0 Å². The molecule has 0 unspecified atom stereocenters. The van der Waals surface area contributed by atoms with Gasteiger partial charge in [-0.2, -0.15) is 0 Å². The van der Waals surface area contributed by atoms with Crippen LogP contribution in [-0.2, 0) is 0 Å². The molecule has 4 nitrogen and oxygen atoms in total. The van der Waals surface area contributed by atoms with Gasteiger partial charge in [0.25, 0.3) is 0 Å². The molecule has 1 aromatic carbocycles. The van der Waals surface area contributed by atoms with Gasteiger partial charge in [0.05, 0.1) is 17.7 Å². The first-order valence-corrected chi connectivity index (χ1v) is 7.82. The number of imidazole rings is 1. The molecule has 4 heteroatoms. The molecule has 2 heterocycles. The number of hydrogen-bond donors (Lipinski definition) is 1. The summed E-state index contributed by atoms with van der Waals surface area (Å²) in [6, 6.07) is 9.67. The summed E-state index contributed by atoms with van der Waals surface area (Å²) in [5, 5.41) is 3.72. The zero-order chi connectivity index (χ0) is 14.7. The van der Waals surface area contributed by atoms with Gasteiger partial charge in [0.1, 0.15) is 0 Å². The van der Waals surface area contributed by atoms with Crippen molar-refractivity contribution in [3.63, 3.8) is 0 Å². The summed E-state index contributed by atoms with van der Waals surface area (Å²) in [5.41, 5.74) is 2.36. The molecule has 2 aromatic rings. The molecule has 0 atom stereocenters. The Labute approximate surface area is 126 Å². The molecule has 1 N–H and O–H groups in total. The summed E-state index contributed by atoms with van der Waals surface area (Å²) in [6.07, 6.45) is 8.06. The van der Waals surface area contributed by atoms with Gasteiger partial charge < -0.3 is 14.8 Å². The van der Waals surface area contributed by atoms with Gasteiger partial charge in [0, 0.05) is 37.6 Å². The van der Waals surface area contributed by atoms with Crippen LogP contribution in [0.1, 0.15) is 26.7 Å². The fourth-order valence-electron chi connectivity index (χ4n) is 3.00. The van der Waals surface area contributed by atoms with Crippen molar-refractivity contribution < 1.29 is 0 Å². The minimum absolute atomic E-state index is 0.560. The minimum Gasteiger partial charge on any atom is -0.381 e. The number of nitrogens with one attached hydrogen (secondary N) is 1. The van der Waals surface area contributed by atoms with E-state index in [2.05, 4.69) is 57.9 Å². The molecular weight excluding hydrogens is 260 g/mol. The number of piperidine rings is 1. The Balaban J connectivity index is 1.69. The van der Waals surface area contributed by atoms with E-state index in [1.165, 1.54) is 37.3 Å². The third-order valence-corrected chi connectivity index (χ3v) is 4.31. The molecule has 0 saturated carbocycles. The van der Waals surface area contributed by atoms with Crippen molar-refractivity contribution in [3.8, 4) is 5.69 Å². The van der Waals surface area contributed by atoms with Crippen LogP contribution < -0.4 is 5.32 Å². The fraction of sp³-hybridized carbons (Fsp3) is 0.471. The minimum atomic E-state index is 0.560. The van der Waals surface area contributed by atoms with Crippen molar-refractivity contribution in [3.05, 3.63) is 43.0 Å². The predicted octanol–water partition coefficient (Wildman–Crippen LogP) is 3.16. The molecule has 0 spiro atoms.